The number of urea groups is 1. The zero-order chi connectivity index (χ0) is 10.6. The van der Waals surface area contributed by atoms with Gasteiger partial charge < -0.3 is 10.2 Å². The normalized spacial score (nSPS) is 16.6. The third-order valence-electron chi connectivity index (χ3n) is 2.16. The van der Waals surface area contributed by atoms with Gasteiger partial charge in [-0.15, -0.1) is 0 Å². The van der Waals surface area contributed by atoms with Gasteiger partial charge in [-0.05, 0) is 0 Å². The number of imide groups is 1. The van der Waals surface area contributed by atoms with Gasteiger partial charge in [0.15, 0.2) is 0 Å². The Bertz CT molecular complexity index is 229. The van der Waals surface area contributed by atoms with Gasteiger partial charge in [0.25, 0.3) is 0 Å². The van der Waals surface area contributed by atoms with Crippen molar-refractivity contribution in [1.82, 2.24) is 15.1 Å². The van der Waals surface area contributed by atoms with Gasteiger partial charge >= 0.3 is 6.03 Å². The first-order chi connectivity index (χ1) is 6.66. The third kappa shape index (κ3) is 2.68. The van der Waals surface area contributed by atoms with Crippen LogP contribution in [0.1, 0.15) is 0 Å². The summed E-state index contributed by atoms with van der Waals surface area (Å²) in [7, 11) is 1.51. The van der Waals surface area contributed by atoms with Crippen molar-refractivity contribution in [3.63, 3.8) is 0 Å². The second-order valence-electron chi connectivity index (χ2n) is 3.11. The molecule has 14 heavy (non-hydrogen) atoms. The highest BCUT2D eigenvalue weighted by Crippen LogP contribution is 2.00. The maximum Gasteiger partial charge on any atom is 0.326 e. The predicted octanol–water partition coefficient (Wildman–Crippen LogP) is -0.135. The number of rotatable bonds is 1. The fraction of sp³-hybridized carbons (Fsp3) is 0.750. The number of hydrogen-bond acceptors (Lipinski definition) is 3. The number of nitrogens with zero attached hydrogens (tertiary/aromatic N) is 2. The van der Waals surface area contributed by atoms with Crippen LogP contribution in [-0.4, -0.2) is 60.3 Å². The Hall–Kier alpha value is -0.620. The predicted molar refractivity (Wildman–Crippen MR) is 56.4 cm³/mol. The number of alkyl halides is 1. The first-order valence-corrected chi connectivity index (χ1v) is 5.61. The van der Waals surface area contributed by atoms with Crippen LogP contribution in [0.15, 0.2) is 0 Å². The van der Waals surface area contributed by atoms with E-state index in [1.807, 2.05) is 0 Å². The van der Waals surface area contributed by atoms with Crippen LogP contribution in [0, 0.1) is 0 Å². The van der Waals surface area contributed by atoms with Crippen LogP contribution in [0.3, 0.4) is 0 Å². The van der Waals surface area contributed by atoms with E-state index in [9.17, 15) is 9.59 Å². The van der Waals surface area contributed by atoms with Crippen molar-refractivity contribution in [3.05, 3.63) is 0 Å². The molecular weight excluding hydrogens is 250 g/mol. The minimum atomic E-state index is -0.214. The molecule has 5 nitrogen and oxygen atoms in total. The minimum absolute atomic E-state index is 0.182. The molecule has 0 saturated carbocycles. The molecular formula is C8H14BrN3O2. The summed E-state index contributed by atoms with van der Waals surface area (Å²) in [6.07, 6.45) is 0. The molecule has 0 aromatic carbocycles. The monoisotopic (exact) mass is 263 g/mol. The molecule has 0 bridgehead atoms. The van der Waals surface area contributed by atoms with Crippen molar-refractivity contribution in [3.8, 4) is 0 Å². The number of piperazine rings is 1. The molecule has 3 amide bonds. The van der Waals surface area contributed by atoms with Gasteiger partial charge in [-0.3, -0.25) is 9.69 Å². The first-order valence-electron chi connectivity index (χ1n) is 4.49. The summed E-state index contributed by atoms with van der Waals surface area (Å²) in [6, 6.07) is -0.212. The molecule has 1 heterocycles. The van der Waals surface area contributed by atoms with Gasteiger partial charge in [-0.2, -0.15) is 0 Å². The van der Waals surface area contributed by atoms with Crippen LogP contribution >= 0.6 is 15.9 Å². The Balaban J connectivity index is 2.50. The Morgan fingerprint density at radius 3 is 2.50 bits per heavy atom. The average Bonchev–Trinajstić information content (AvgIpc) is 2.27. The van der Waals surface area contributed by atoms with Crippen LogP contribution < -0.4 is 5.32 Å². The van der Waals surface area contributed by atoms with E-state index in [0.717, 1.165) is 18.0 Å². The highest BCUT2D eigenvalue weighted by molar-refractivity contribution is 9.09. The standard InChI is InChI=1S/C8H14BrN3O2/c1-11(7(13)6-9)8(14)12-4-2-10-3-5-12/h10H,2-6H2,1H3. The molecule has 0 radical (unpaired) electrons. The number of carbonyl (C=O) groups excluding carboxylic acids is 2. The molecule has 1 rings (SSSR count). The van der Waals surface area contributed by atoms with E-state index >= 15 is 0 Å². The summed E-state index contributed by atoms with van der Waals surface area (Å²) in [5.41, 5.74) is 0. The van der Waals surface area contributed by atoms with E-state index < -0.39 is 0 Å². The highest BCUT2D eigenvalue weighted by Gasteiger charge is 2.23. The van der Waals surface area contributed by atoms with Gasteiger partial charge in [-0.1, -0.05) is 15.9 Å². The molecule has 0 aromatic rings. The summed E-state index contributed by atoms with van der Waals surface area (Å²) in [5.74, 6) is -0.214. The maximum absolute atomic E-state index is 11.7. The van der Waals surface area contributed by atoms with E-state index in [2.05, 4.69) is 21.2 Å². The highest BCUT2D eigenvalue weighted by atomic mass is 79.9. The molecule has 1 aliphatic heterocycles. The summed E-state index contributed by atoms with van der Waals surface area (Å²) < 4.78 is 0. The van der Waals surface area contributed by atoms with Gasteiger partial charge in [-0.25, -0.2) is 4.79 Å². The lowest BCUT2D eigenvalue weighted by atomic mass is 10.4. The Morgan fingerprint density at radius 2 is 2.00 bits per heavy atom. The smallest absolute Gasteiger partial charge is 0.322 e. The molecule has 0 unspecified atom stereocenters. The lowest BCUT2D eigenvalue weighted by Crippen LogP contribution is -2.52. The van der Waals surface area contributed by atoms with Crippen molar-refractivity contribution >= 4 is 27.9 Å². The van der Waals surface area contributed by atoms with Crippen molar-refractivity contribution in [1.29, 1.82) is 0 Å². The molecule has 1 N–H and O–H groups in total. The Morgan fingerprint density at radius 1 is 1.43 bits per heavy atom. The molecule has 1 saturated heterocycles. The first kappa shape index (κ1) is 11.5. The van der Waals surface area contributed by atoms with Crippen molar-refractivity contribution in [2.75, 3.05) is 38.6 Å². The quantitative estimate of drug-likeness (QED) is 0.671. The van der Waals surface area contributed by atoms with Gasteiger partial charge in [0, 0.05) is 33.2 Å². The molecule has 6 heteroatoms. The third-order valence-corrected chi connectivity index (χ3v) is 2.64. The van der Waals surface area contributed by atoms with Gasteiger partial charge in [0.2, 0.25) is 5.91 Å². The molecule has 1 fully saturated rings. The van der Waals surface area contributed by atoms with Crippen LogP contribution in [0.2, 0.25) is 0 Å². The number of amides is 3. The lowest BCUT2D eigenvalue weighted by Gasteiger charge is -2.30. The van der Waals surface area contributed by atoms with Gasteiger partial charge in [0.1, 0.15) is 0 Å². The van der Waals surface area contributed by atoms with Crippen molar-refractivity contribution in [2.45, 2.75) is 0 Å². The molecule has 1 aliphatic rings. The topological polar surface area (TPSA) is 52.7 Å². The summed E-state index contributed by atoms with van der Waals surface area (Å²) >= 11 is 3.03. The van der Waals surface area contributed by atoms with Crippen LogP contribution in [0.4, 0.5) is 4.79 Å². The average molecular weight is 264 g/mol. The number of hydrogen-bond donors (Lipinski definition) is 1. The van der Waals surface area contributed by atoms with Crippen LogP contribution in [0.25, 0.3) is 0 Å². The van der Waals surface area contributed by atoms with E-state index in [-0.39, 0.29) is 17.3 Å². The van der Waals surface area contributed by atoms with E-state index in [1.54, 1.807) is 4.90 Å². The largest absolute Gasteiger partial charge is 0.326 e. The Labute approximate surface area is 91.5 Å². The molecule has 0 aromatic heterocycles. The number of halogens is 1. The minimum Gasteiger partial charge on any atom is -0.322 e. The zero-order valence-corrected chi connectivity index (χ0v) is 9.71. The van der Waals surface area contributed by atoms with Crippen molar-refractivity contribution < 1.29 is 9.59 Å². The van der Waals surface area contributed by atoms with E-state index in [4.69, 9.17) is 0 Å². The second kappa shape index (κ2) is 5.31. The van der Waals surface area contributed by atoms with Crippen LogP contribution in [-0.2, 0) is 4.79 Å². The van der Waals surface area contributed by atoms with Crippen molar-refractivity contribution in [2.24, 2.45) is 0 Å². The fourth-order valence-electron chi connectivity index (χ4n) is 1.26. The van der Waals surface area contributed by atoms with E-state index in [1.165, 1.54) is 7.05 Å². The fourth-order valence-corrected chi connectivity index (χ4v) is 1.64. The zero-order valence-electron chi connectivity index (χ0n) is 8.12. The molecule has 80 valence electrons. The number of carbonyl (C=O) groups is 2. The summed E-state index contributed by atoms with van der Waals surface area (Å²) in [4.78, 5) is 25.7. The SMILES string of the molecule is CN(C(=O)CBr)C(=O)N1CCNCC1. The summed E-state index contributed by atoms with van der Waals surface area (Å²) in [5, 5.41) is 3.33. The second-order valence-corrected chi connectivity index (χ2v) is 3.67. The molecule has 0 spiro atoms. The van der Waals surface area contributed by atoms with Gasteiger partial charge in [0.05, 0.1) is 5.33 Å². The maximum atomic E-state index is 11.7. The van der Waals surface area contributed by atoms with Crippen LogP contribution in [0.5, 0.6) is 0 Å². The molecule has 0 atom stereocenters. The summed E-state index contributed by atoms with van der Waals surface area (Å²) in [6.45, 7) is 2.92. The number of nitrogens with one attached hydrogen (secondary N) is 1. The molecule has 0 aliphatic carbocycles. The Kier molecular flexibility index (Phi) is 4.34. The van der Waals surface area contributed by atoms with E-state index in [0.29, 0.717) is 13.1 Å². The lowest BCUT2D eigenvalue weighted by molar-refractivity contribution is -0.124.